The van der Waals surface area contributed by atoms with Gasteiger partial charge in [-0.05, 0) is 37.3 Å². The van der Waals surface area contributed by atoms with E-state index < -0.39 is 17.9 Å². The Morgan fingerprint density at radius 3 is 2.27 bits per heavy atom. The highest BCUT2D eigenvalue weighted by atomic mass is 16.4. The Labute approximate surface area is 155 Å². The number of hydrogen-bond donors (Lipinski definition) is 3. The van der Waals surface area contributed by atoms with Crippen molar-refractivity contribution in [3.63, 3.8) is 0 Å². The summed E-state index contributed by atoms with van der Waals surface area (Å²) in [5, 5.41) is 14.7. The third kappa shape index (κ3) is 6.86. The number of carbonyl (C=O) groups excluding carboxylic acids is 2. The van der Waals surface area contributed by atoms with Crippen LogP contribution in [-0.4, -0.2) is 35.5 Å². The van der Waals surface area contributed by atoms with Gasteiger partial charge >= 0.3 is 5.97 Å². The molecule has 1 rings (SSSR count). The summed E-state index contributed by atoms with van der Waals surface area (Å²) in [7, 11) is 0. The Kier molecular flexibility index (Phi) is 8.29. The maximum atomic E-state index is 12.5. The largest absolute Gasteiger partial charge is 0.481 e. The number of nitrogens with one attached hydrogen (secondary N) is 2. The first kappa shape index (κ1) is 21.7. The van der Waals surface area contributed by atoms with Crippen LogP contribution in [0.25, 0.3) is 0 Å². The van der Waals surface area contributed by atoms with Gasteiger partial charge in [-0.1, -0.05) is 45.4 Å². The summed E-state index contributed by atoms with van der Waals surface area (Å²) in [5.41, 5.74) is 1.45. The molecule has 26 heavy (non-hydrogen) atoms. The van der Waals surface area contributed by atoms with Crippen LogP contribution in [0, 0.1) is 24.7 Å². The van der Waals surface area contributed by atoms with Crippen molar-refractivity contribution in [1.82, 2.24) is 10.6 Å². The standard InChI is InChI=1S/C20H30N2O4/c1-12(2)9-16(20(25)26)11-21-19(24)17(13(3)4)22-18(23)15-8-6-7-14(5)10-15/h6-8,10,12-13,16-17H,9,11H2,1-5H3,(H,21,24)(H,22,23)(H,25,26). The Morgan fingerprint density at radius 2 is 1.77 bits per heavy atom. The predicted octanol–water partition coefficient (Wildman–Crippen LogP) is 2.61. The van der Waals surface area contributed by atoms with Gasteiger partial charge in [0.25, 0.3) is 5.91 Å². The molecule has 0 aliphatic rings. The maximum absolute atomic E-state index is 12.5. The van der Waals surface area contributed by atoms with Gasteiger partial charge in [0.05, 0.1) is 5.92 Å². The van der Waals surface area contributed by atoms with Crippen molar-refractivity contribution in [1.29, 1.82) is 0 Å². The molecule has 0 heterocycles. The molecule has 0 saturated heterocycles. The molecule has 0 spiro atoms. The smallest absolute Gasteiger partial charge is 0.308 e. The number of carboxylic acids is 1. The van der Waals surface area contributed by atoms with Crippen molar-refractivity contribution >= 4 is 17.8 Å². The molecule has 0 aromatic heterocycles. The average Bonchev–Trinajstić information content (AvgIpc) is 2.55. The van der Waals surface area contributed by atoms with E-state index in [-0.39, 0.29) is 30.2 Å². The van der Waals surface area contributed by atoms with E-state index in [1.807, 2.05) is 40.7 Å². The summed E-state index contributed by atoms with van der Waals surface area (Å²) in [6.07, 6.45) is 0.484. The van der Waals surface area contributed by atoms with Crippen molar-refractivity contribution in [3.05, 3.63) is 35.4 Å². The first-order valence-electron chi connectivity index (χ1n) is 8.99. The molecule has 0 radical (unpaired) electrons. The van der Waals surface area contributed by atoms with E-state index in [0.717, 1.165) is 5.56 Å². The molecule has 144 valence electrons. The van der Waals surface area contributed by atoms with Crippen LogP contribution in [0.2, 0.25) is 0 Å². The average molecular weight is 362 g/mol. The van der Waals surface area contributed by atoms with Gasteiger partial charge in [-0.25, -0.2) is 0 Å². The monoisotopic (exact) mass is 362 g/mol. The second-order valence-electron chi connectivity index (χ2n) is 7.47. The van der Waals surface area contributed by atoms with Crippen molar-refractivity contribution in [2.75, 3.05) is 6.54 Å². The lowest BCUT2D eigenvalue weighted by Gasteiger charge is -2.23. The van der Waals surface area contributed by atoms with E-state index in [1.54, 1.807) is 18.2 Å². The highest BCUT2D eigenvalue weighted by Gasteiger charge is 2.26. The SMILES string of the molecule is Cc1cccc(C(=O)NC(C(=O)NCC(CC(C)C)C(=O)O)C(C)C)c1. The fourth-order valence-electron chi connectivity index (χ4n) is 2.72. The van der Waals surface area contributed by atoms with Gasteiger partial charge in [0.15, 0.2) is 0 Å². The molecule has 2 unspecified atom stereocenters. The molecular weight excluding hydrogens is 332 g/mol. The van der Waals surface area contributed by atoms with Gasteiger partial charge in [0.1, 0.15) is 6.04 Å². The zero-order chi connectivity index (χ0) is 19.9. The third-order valence-electron chi connectivity index (χ3n) is 4.14. The summed E-state index contributed by atoms with van der Waals surface area (Å²) < 4.78 is 0. The fraction of sp³-hybridized carbons (Fsp3) is 0.550. The number of amides is 2. The Balaban J connectivity index is 2.75. The Morgan fingerprint density at radius 1 is 1.12 bits per heavy atom. The van der Waals surface area contributed by atoms with Crippen LogP contribution in [0.5, 0.6) is 0 Å². The first-order chi connectivity index (χ1) is 12.1. The Hall–Kier alpha value is -2.37. The fourth-order valence-corrected chi connectivity index (χ4v) is 2.72. The molecule has 3 N–H and O–H groups in total. The summed E-state index contributed by atoms with van der Waals surface area (Å²) in [6.45, 7) is 9.50. The zero-order valence-corrected chi connectivity index (χ0v) is 16.2. The predicted molar refractivity (Wildman–Crippen MR) is 101 cm³/mol. The molecule has 1 aromatic carbocycles. The van der Waals surface area contributed by atoms with Crippen molar-refractivity contribution in [2.45, 2.75) is 47.1 Å². The van der Waals surface area contributed by atoms with Crippen molar-refractivity contribution in [2.24, 2.45) is 17.8 Å². The number of hydrogen-bond acceptors (Lipinski definition) is 3. The highest BCUT2D eigenvalue weighted by molar-refractivity contribution is 5.97. The summed E-state index contributed by atoms with van der Waals surface area (Å²) >= 11 is 0. The van der Waals surface area contributed by atoms with Gasteiger partial charge in [-0.2, -0.15) is 0 Å². The number of aliphatic carboxylic acids is 1. The van der Waals surface area contributed by atoms with Crippen LogP contribution in [0.4, 0.5) is 0 Å². The van der Waals surface area contributed by atoms with Crippen LogP contribution in [0.3, 0.4) is 0 Å². The normalized spacial score (nSPS) is 13.3. The van der Waals surface area contributed by atoms with E-state index in [0.29, 0.717) is 12.0 Å². The summed E-state index contributed by atoms with van der Waals surface area (Å²) in [5.74, 6) is -2.16. The zero-order valence-electron chi connectivity index (χ0n) is 16.2. The lowest BCUT2D eigenvalue weighted by atomic mass is 9.96. The van der Waals surface area contributed by atoms with Crippen LogP contribution in [0.15, 0.2) is 24.3 Å². The number of benzene rings is 1. The number of rotatable bonds is 9. The topological polar surface area (TPSA) is 95.5 Å². The second-order valence-corrected chi connectivity index (χ2v) is 7.47. The number of carboxylic acid groups (broad SMARTS) is 1. The van der Waals surface area contributed by atoms with Gasteiger partial charge in [0.2, 0.25) is 5.91 Å². The molecular formula is C20H30N2O4. The van der Waals surface area contributed by atoms with Gasteiger partial charge < -0.3 is 15.7 Å². The third-order valence-corrected chi connectivity index (χ3v) is 4.14. The quantitative estimate of drug-likeness (QED) is 0.629. The molecule has 0 saturated carbocycles. The molecule has 0 bridgehead atoms. The first-order valence-corrected chi connectivity index (χ1v) is 8.99. The lowest BCUT2D eigenvalue weighted by molar-refractivity contribution is -0.142. The van der Waals surface area contributed by atoms with Crippen LogP contribution in [0.1, 0.15) is 50.0 Å². The number of aryl methyl sites for hydroxylation is 1. The number of carbonyl (C=O) groups is 3. The van der Waals surface area contributed by atoms with E-state index in [9.17, 15) is 19.5 Å². The van der Waals surface area contributed by atoms with Gasteiger partial charge in [-0.15, -0.1) is 0 Å². The summed E-state index contributed by atoms with van der Waals surface area (Å²) in [6, 6.07) is 6.41. The molecule has 6 heteroatoms. The molecule has 6 nitrogen and oxygen atoms in total. The van der Waals surface area contributed by atoms with E-state index in [4.69, 9.17) is 0 Å². The van der Waals surface area contributed by atoms with Crippen LogP contribution >= 0.6 is 0 Å². The molecule has 1 aromatic rings. The Bertz CT molecular complexity index is 640. The lowest BCUT2D eigenvalue weighted by Crippen LogP contribution is -2.51. The minimum absolute atomic E-state index is 0.0515. The van der Waals surface area contributed by atoms with E-state index in [1.165, 1.54) is 0 Å². The molecule has 2 atom stereocenters. The van der Waals surface area contributed by atoms with E-state index in [2.05, 4.69) is 10.6 Å². The molecule has 0 fully saturated rings. The second kappa shape index (κ2) is 9.94. The molecule has 0 aliphatic heterocycles. The molecule has 2 amide bonds. The van der Waals surface area contributed by atoms with Crippen LogP contribution < -0.4 is 10.6 Å². The van der Waals surface area contributed by atoms with E-state index >= 15 is 0 Å². The minimum atomic E-state index is -0.927. The van der Waals surface area contributed by atoms with Crippen molar-refractivity contribution in [3.8, 4) is 0 Å². The minimum Gasteiger partial charge on any atom is -0.481 e. The van der Waals surface area contributed by atoms with Crippen LogP contribution in [-0.2, 0) is 9.59 Å². The van der Waals surface area contributed by atoms with Gasteiger partial charge in [0, 0.05) is 12.1 Å². The van der Waals surface area contributed by atoms with Gasteiger partial charge in [-0.3, -0.25) is 14.4 Å². The van der Waals surface area contributed by atoms with Crippen molar-refractivity contribution < 1.29 is 19.5 Å². The highest BCUT2D eigenvalue weighted by Crippen LogP contribution is 2.12. The maximum Gasteiger partial charge on any atom is 0.308 e. The molecule has 0 aliphatic carbocycles. The summed E-state index contributed by atoms with van der Waals surface area (Å²) in [4.78, 5) is 36.3.